The summed E-state index contributed by atoms with van der Waals surface area (Å²) in [5.74, 6) is -5.91. The molecule has 1 amide bonds. The lowest BCUT2D eigenvalue weighted by atomic mass is 9.57. The first-order valence-electron chi connectivity index (χ1n) is 12.6. The molecule has 11 heteroatoms. The van der Waals surface area contributed by atoms with Crippen LogP contribution in [0.5, 0.6) is 17.2 Å². The van der Waals surface area contributed by atoms with Crippen molar-refractivity contribution in [3.63, 3.8) is 0 Å². The predicted molar refractivity (Wildman–Crippen MR) is 143 cm³/mol. The molecule has 1 saturated carbocycles. The average molecular weight is 551 g/mol. The van der Waals surface area contributed by atoms with E-state index in [1.165, 1.54) is 25.2 Å². The Morgan fingerprint density at radius 1 is 1.05 bits per heavy atom. The standard InChI is InChI=1S/C29H30N2O9/c1-31(2)23-17-10-12-9-16-14(15-11-13(39-3)5-8-19(15)40-4)6-7-18(32)21(16)24(33)20(12)26(35)29(17,38)27(36)22(25(23)34)28(30)37/h5-8,11-12,17,23,32-33,36,38H,9-10H2,1-4H3,(H2,30,37)/t12-,17-,23+,29-/m0/s1. The fourth-order valence-electron chi connectivity index (χ4n) is 6.52. The first-order valence-corrected chi connectivity index (χ1v) is 12.6. The number of nitrogens with zero attached hydrogens (tertiary/aromatic N) is 1. The molecule has 3 aliphatic carbocycles. The number of aliphatic hydroxyl groups excluding tert-OH is 2. The number of rotatable bonds is 5. The van der Waals surface area contributed by atoms with Crippen molar-refractivity contribution in [3.8, 4) is 28.4 Å². The second kappa shape index (κ2) is 9.39. The Morgan fingerprint density at radius 2 is 1.75 bits per heavy atom. The number of carbonyl (C=O) groups is 3. The number of benzene rings is 2. The number of phenols is 1. The molecular weight excluding hydrogens is 520 g/mol. The van der Waals surface area contributed by atoms with Crippen molar-refractivity contribution in [2.45, 2.75) is 24.5 Å². The number of Topliss-reactive ketones (excluding diaryl/α,β-unsaturated/α-hetero) is 2. The van der Waals surface area contributed by atoms with Crippen molar-refractivity contribution in [1.29, 1.82) is 0 Å². The summed E-state index contributed by atoms with van der Waals surface area (Å²) in [5.41, 5.74) is 3.38. The monoisotopic (exact) mass is 550 g/mol. The largest absolute Gasteiger partial charge is 0.508 e. The van der Waals surface area contributed by atoms with Crippen molar-refractivity contribution in [2.24, 2.45) is 17.6 Å². The van der Waals surface area contributed by atoms with Gasteiger partial charge in [0.2, 0.25) is 5.78 Å². The number of nitrogens with two attached hydrogens (primary N) is 1. The highest BCUT2D eigenvalue weighted by Crippen LogP contribution is 2.54. The third-order valence-electron chi connectivity index (χ3n) is 8.30. The van der Waals surface area contributed by atoms with Gasteiger partial charge < -0.3 is 35.6 Å². The number of aliphatic hydroxyl groups is 3. The summed E-state index contributed by atoms with van der Waals surface area (Å²) >= 11 is 0. The molecule has 11 nitrogen and oxygen atoms in total. The van der Waals surface area contributed by atoms with E-state index >= 15 is 0 Å². The molecule has 40 heavy (non-hydrogen) atoms. The van der Waals surface area contributed by atoms with Crippen molar-refractivity contribution >= 4 is 23.2 Å². The molecule has 6 N–H and O–H groups in total. The number of aromatic hydroxyl groups is 1. The van der Waals surface area contributed by atoms with Crippen LogP contribution in [0.3, 0.4) is 0 Å². The fraction of sp³-hybridized carbons (Fsp3) is 0.345. The van der Waals surface area contributed by atoms with Gasteiger partial charge in [-0.2, -0.15) is 0 Å². The third kappa shape index (κ3) is 3.61. The highest BCUT2D eigenvalue weighted by atomic mass is 16.5. The molecule has 210 valence electrons. The van der Waals surface area contributed by atoms with Crippen LogP contribution in [0, 0.1) is 11.8 Å². The number of primary amides is 1. The maximum atomic E-state index is 14.0. The number of ether oxygens (including phenoxy) is 2. The molecule has 2 aromatic carbocycles. The normalized spacial score (nSPS) is 25.9. The number of hydrogen-bond donors (Lipinski definition) is 5. The van der Waals surface area contributed by atoms with Gasteiger partial charge in [-0.1, -0.05) is 6.07 Å². The fourth-order valence-corrected chi connectivity index (χ4v) is 6.52. The zero-order valence-electron chi connectivity index (χ0n) is 22.4. The Bertz CT molecular complexity index is 1540. The highest BCUT2D eigenvalue weighted by molar-refractivity contribution is 6.24. The van der Waals surface area contributed by atoms with Crippen LogP contribution in [-0.4, -0.2) is 82.8 Å². The Hall–Kier alpha value is -4.35. The van der Waals surface area contributed by atoms with E-state index in [9.17, 15) is 34.8 Å². The lowest BCUT2D eigenvalue weighted by Crippen LogP contribution is -2.65. The summed E-state index contributed by atoms with van der Waals surface area (Å²) in [4.78, 5) is 40.8. The summed E-state index contributed by atoms with van der Waals surface area (Å²) in [7, 11) is 6.14. The maximum Gasteiger partial charge on any atom is 0.255 e. The third-order valence-corrected chi connectivity index (χ3v) is 8.30. The highest BCUT2D eigenvalue weighted by Gasteiger charge is 2.64. The summed E-state index contributed by atoms with van der Waals surface area (Å²) in [6.45, 7) is 0. The molecule has 0 radical (unpaired) electrons. The van der Waals surface area contributed by atoms with Crippen molar-refractivity contribution in [3.05, 3.63) is 58.4 Å². The van der Waals surface area contributed by atoms with E-state index in [1.807, 2.05) is 0 Å². The smallest absolute Gasteiger partial charge is 0.255 e. The lowest BCUT2D eigenvalue weighted by Gasteiger charge is -2.50. The van der Waals surface area contributed by atoms with Crippen LogP contribution in [-0.2, 0) is 20.8 Å². The number of fused-ring (bicyclic) bond motifs is 3. The first-order chi connectivity index (χ1) is 18.9. The van der Waals surface area contributed by atoms with Gasteiger partial charge in [-0.25, -0.2) is 0 Å². The minimum atomic E-state index is -2.69. The topological polar surface area (TPSA) is 180 Å². The number of amides is 1. The van der Waals surface area contributed by atoms with E-state index in [1.54, 1.807) is 38.4 Å². The van der Waals surface area contributed by atoms with Gasteiger partial charge in [0.05, 0.1) is 25.8 Å². The van der Waals surface area contributed by atoms with Gasteiger partial charge in [-0.05, 0) is 68.2 Å². The van der Waals surface area contributed by atoms with Gasteiger partial charge in [-0.3, -0.25) is 19.3 Å². The van der Waals surface area contributed by atoms with E-state index in [4.69, 9.17) is 15.2 Å². The van der Waals surface area contributed by atoms with Gasteiger partial charge >= 0.3 is 0 Å². The first kappa shape index (κ1) is 27.2. The van der Waals surface area contributed by atoms with Crippen LogP contribution in [0.15, 0.2) is 47.2 Å². The Labute approximate surface area is 229 Å². The zero-order valence-corrected chi connectivity index (χ0v) is 22.4. The number of likely N-dealkylation sites (N-methyl/N-ethyl adjacent to an activating group) is 1. The average Bonchev–Trinajstić information content (AvgIpc) is 2.90. The minimum Gasteiger partial charge on any atom is -0.508 e. The molecule has 0 heterocycles. The predicted octanol–water partition coefficient (Wildman–Crippen LogP) is 1.65. The Morgan fingerprint density at radius 3 is 2.35 bits per heavy atom. The molecular formula is C29H30N2O9. The van der Waals surface area contributed by atoms with E-state index in [0.717, 1.165) is 0 Å². The van der Waals surface area contributed by atoms with Crippen LogP contribution in [0.1, 0.15) is 17.5 Å². The Balaban J connectivity index is 1.75. The van der Waals surface area contributed by atoms with Gasteiger partial charge in [0, 0.05) is 17.1 Å². The SMILES string of the molecule is COc1ccc(OC)c(-c2ccc(O)c3c2C[C@H]2C[C@H]4[C@@H](N(C)C)C(=O)C(C(N)=O)=C(O)[C@@]4(O)C(=O)C2=C3O)c1. The molecule has 4 atom stereocenters. The molecule has 1 fully saturated rings. The van der Waals surface area contributed by atoms with Crippen LogP contribution in [0.25, 0.3) is 16.9 Å². The van der Waals surface area contributed by atoms with E-state index in [0.29, 0.717) is 28.2 Å². The van der Waals surface area contributed by atoms with E-state index in [-0.39, 0.29) is 29.7 Å². The molecule has 0 unspecified atom stereocenters. The zero-order chi connectivity index (χ0) is 29.3. The molecule has 0 spiro atoms. The van der Waals surface area contributed by atoms with Crippen LogP contribution >= 0.6 is 0 Å². The quantitative estimate of drug-likeness (QED) is 0.344. The van der Waals surface area contributed by atoms with Gasteiger partial charge in [0.25, 0.3) is 5.91 Å². The van der Waals surface area contributed by atoms with Gasteiger partial charge in [0.15, 0.2) is 11.4 Å². The molecule has 5 rings (SSSR count). The molecule has 0 bridgehead atoms. The van der Waals surface area contributed by atoms with Gasteiger partial charge in [-0.15, -0.1) is 0 Å². The molecule has 0 aliphatic heterocycles. The van der Waals surface area contributed by atoms with Crippen LogP contribution in [0.2, 0.25) is 0 Å². The molecule has 0 aromatic heterocycles. The summed E-state index contributed by atoms with van der Waals surface area (Å²) in [6.07, 6.45) is 0.148. The van der Waals surface area contributed by atoms with Crippen molar-refractivity contribution in [2.75, 3.05) is 28.3 Å². The Kier molecular flexibility index (Phi) is 6.39. The number of carbonyl (C=O) groups excluding carboxylic acids is 3. The summed E-state index contributed by atoms with van der Waals surface area (Å²) in [6, 6.07) is 7.10. The van der Waals surface area contributed by atoms with Crippen molar-refractivity contribution in [1.82, 2.24) is 4.90 Å². The second-order valence-electron chi connectivity index (χ2n) is 10.5. The van der Waals surface area contributed by atoms with E-state index in [2.05, 4.69) is 0 Å². The number of phenolic OH excluding ortho intramolecular Hbond substituents is 1. The van der Waals surface area contributed by atoms with Gasteiger partial charge in [0.1, 0.15) is 34.3 Å². The number of methoxy groups -OCH3 is 2. The van der Waals surface area contributed by atoms with Crippen molar-refractivity contribution < 1.29 is 44.3 Å². The van der Waals surface area contributed by atoms with Crippen LogP contribution in [0.4, 0.5) is 0 Å². The second-order valence-corrected chi connectivity index (χ2v) is 10.5. The van der Waals surface area contributed by atoms with E-state index < -0.39 is 58.0 Å². The molecule has 0 saturated heterocycles. The summed E-state index contributed by atoms with van der Waals surface area (Å²) in [5, 5.41) is 45.0. The van der Waals surface area contributed by atoms with Crippen LogP contribution < -0.4 is 15.2 Å². The summed E-state index contributed by atoms with van der Waals surface area (Å²) < 4.78 is 10.9. The molecule has 2 aromatic rings. The maximum absolute atomic E-state index is 14.0. The molecule has 3 aliphatic rings. The minimum absolute atomic E-state index is 0.00124. The number of hydrogen-bond acceptors (Lipinski definition) is 10. The lowest BCUT2D eigenvalue weighted by molar-refractivity contribution is -0.153. The number of ketones is 2.